The summed E-state index contributed by atoms with van der Waals surface area (Å²) in [5.74, 6) is 1.28. The number of amides is 1. The van der Waals surface area contributed by atoms with Crippen molar-refractivity contribution in [3.63, 3.8) is 0 Å². The third-order valence-corrected chi connectivity index (χ3v) is 5.44. The summed E-state index contributed by atoms with van der Waals surface area (Å²) < 4.78 is 0. The summed E-state index contributed by atoms with van der Waals surface area (Å²) in [6, 6.07) is 8.15. The number of piperidine rings is 1. The third kappa shape index (κ3) is 5.09. The molecule has 1 N–H and O–H groups in total. The number of aromatic nitrogens is 2. The highest BCUT2D eigenvalue weighted by Crippen LogP contribution is 2.23. The lowest BCUT2D eigenvalue weighted by atomic mass is 9.92. The van der Waals surface area contributed by atoms with Gasteiger partial charge in [0.05, 0.1) is 6.54 Å². The molecule has 1 aliphatic heterocycles. The van der Waals surface area contributed by atoms with Crippen LogP contribution in [0.25, 0.3) is 0 Å². The highest BCUT2D eigenvalue weighted by atomic mass is 32.1. The molecule has 5 nitrogen and oxygen atoms in total. The predicted octanol–water partition coefficient (Wildman–Crippen LogP) is 3.25. The van der Waals surface area contributed by atoms with Gasteiger partial charge in [0, 0.05) is 19.6 Å². The second-order valence-electron chi connectivity index (χ2n) is 7.31. The van der Waals surface area contributed by atoms with Crippen molar-refractivity contribution in [2.75, 3.05) is 13.1 Å². The van der Waals surface area contributed by atoms with E-state index < -0.39 is 0 Å². The number of aryl methyl sites for hydroxylation is 1. The molecule has 0 bridgehead atoms. The van der Waals surface area contributed by atoms with Gasteiger partial charge in [0.25, 0.3) is 5.91 Å². The second kappa shape index (κ2) is 8.06. The number of rotatable bonds is 5. The van der Waals surface area contributed by atoms with E-state index in [0.717, 1.165) is 30.2 Å². The van der Waals surface area contributed by atoms with Crippen LogP contribution in [0.15, 0.2) is 24.3 Å². The molecule has 1 aromatic carbocycles. The molecule has 134 valence electrons. The Morgan fingerprint density at radius 2 is 1.88 bits per heavy atom. The van der Waals surface area contributed by atoms with E-state index in [0.29, 0.717) is 23.4 Å². The van der Waals surface area contributed by atoms with Crippen LogP contribution in [-0.4, -0.2) is 34.1 Å². The van der Waals surface area contributed by atoms with E-state index in [1.54, 1.807) is 0 Å². The first-order valence-electron chi connectivity index (χ1n) is 8.88. The average Bonchev–Trinajstić information content (AvgIpc) is 3.01. The number of hydrogen-bond acceptors (Lipinski definition) is 5. The largest absolute Gasteiger partial charge is 0.346 e. The lowest BCUT2D eigenvalue weighted by Gasteiger charge is -2.34. The molecule has 3 rings (SSSR count). The van der Waals surface area contributed by atoms with Crippen LogP contribution in [0.2, 0.25) is 0 Å². The van der Waals surface area contributed by atoms with Crippen molar-refractivity contribution in [3.05, 3.63) is 45.4 Å². The molecule has 1 aliphatic rings. The van der Waals surface area contributed by atoms with Crippen LogP contribution in [-0.2, 0) is 13.1 Å². The number of carbonyl (C=O) groups excluding carboxylic acids is 1. The molecule has 0 aliphatic carbocycles. The van der Waals surface area contributed by atoms with Crippen molar-refractivity contribution in [1.82, 2.24) is 20.4 Å². The van der Waals surface area contributed by atoms with Crippen molar-refractivity contribution < 1.29 is 4.79 Å². The second-order valence-corrected chi connectivity index (χ2v) is 8.37. The SMILES string of the molecule is Cc1ccc(CNC(=O)c2nnc(CN3CC(C)CC(C)C3)s2)cc1. The molecule has 1 saturated heterocycles. The third-order valence-electron chi connectivity index (χ3n) is 4.54. The van der Waals surface area contributed by atoms with Gasteiger partial charge in [-0.3, -0.25) is 9.69 Å². The van der Waals surface area contributed by atoms with Crippen molar-refractivity contribution in [2.24, 2.45) is 11.8 Å². The molecule has 1 fully saturated rings. The van der Waals surface area contributed by atoms with Crippen LogP contribution < -0.4 is 5.32 Å². The van der Waals surface area contributed by atoms with E-state index in [1.807, 2.05) is 24.3 Å². The van der Waals surface area contributed by atoms with Gasteiger partial charge in [-0.1, -0.05) is 55.0 Å². The van der Waals surface area contributed by atoms with Crippen LogP contribution in [0.1, 0.15) is 46.2 Å². The standard InChI is InChI=1S/C19H26N4OS/c1-13-4-6-16(7-5-13)9-20-18(24)19-22-21-17(25-19)12-23-10-14(2)8-15(3)11-23/h4-7,14-15H,8-12H2,1-3H3,(H,20,24). The van der Waals surface area contributed by atoms with Crippen LogP contribution in [0.4, 0.5) is 0 Å². The Hall–Kier alpha value is -1.79. The normalized spacial score (nSPS) is 21.2. The van der Waals surface area contributed by atoms with E-state index >= 15 is 0 Å². The van der Waals surface area contributed by atoms with Crippen molar-refractivity contribution >= 4 is 17.2 Å². The van der Waals surface area contributed by atoms with E-state index in [2.05, 4.69) is 41.2 Å². The predicted molar refractivity (Wildman–Crippen MR) is 100 cm³/mol. The summed E-state index contributed by atoms with van der Waals surface area (Å²) in [6.07, 6.45) is 1.29. The minimum atomic E-state index is -0.148. The summed E-state index contributed by atoms with van der Waals surface area (Å²) >= 11 is 1.40. The van der Waals surface area contributed by atoms with Gasteiger partial charge in [0.15, 0.2) is 0 Å². The van der Waals surface area contributed by atoms with Gasteiger partial charge in [-0.2, -0.15) is 0 Å². The first-order chi connectivity index (χ1) is 12.0. The Balaban J connectivity index is 1.53. The van der Waals surface area contributed by atoms with Gasteiger partial charge in [0.2, 0.25) is 5.01 Å². The van der Waals surface area contributed by atoms with Gasteiger partial charge in [-0.05, 0) is 30.7 Å². The van der Waals surface area contributed by atoms with Gasteiger partial charge in [-0.25, -0.2) is 0 Å². The van der Waals surface area contributed by atoms with Gasteiger partial charge in [-0.15, -0.1) is 10.2 Å². The van der Waals surface area contributed by atoms with Crippen LogP contribution in [0.5, 0.6) is 0 Å². The lowest BCUT2D eigenvalue weighted by molar-refractivity contribution is 0.0950. The first-order valence-corrected chi connectivity index (χ1v) is 9.69. The van der Waals surface area contributed by atoms with Gasteiger partial charge in [0.1, 0.15) is 5.01 Å². The van der Waals surface area contributed by atoms with Gasteiger partial charge >= 0.3 is 0 Å². The van der Waals surface area contributed by atoms with E-state index in [-0.39, 0.29) is 5.91 Å². The molecule has 0 saturated carbocycles. The van der Waals surface area contributed by atoms with Crippen molar-refractivity contribution in [3.8, 4) is 0 Å². The average molecular weight is 359 g/mol. The Kier molecular flexibility index (Phi) is 5.81. The Morgan fingerprint density at radius 1 is 1.20 bits per heavy atom. The Bertz CT molecular complexity index is 702. The number of hydrogen-bond donors (Lipinski definition) is 1. The quantitative estimate of drug-likeness (QED) is 0.891. The first kappa shape index (κ1) is 18.0. The molecule has 25 heavy (non-hydrogen) atoms. The fourth-order valence-corrected chi connectivity index (χ4v) is 4.28. The van der Waals surface area contributed by atoms with Crippen LogP contribution in [0, 0.1) is 18.8 Å². The highest BCUT2D eigenvalue weighted by molar-refractivity contribution is 7.13. The summed E-state index contributed by atoms with van der Waals surface area (Å²) in [6.45, 7) is 10.1. The van der Waals surface area contributed by atoms with Crippen LogP contribution in [0.3, 0.4) is 0 Å². The molecular weight excluding hydrogens is 332 g/mol. The summed E-state index contributed by atoms with van der Waals surface area (Å²) in [4.78, 5) is 14.7. The summed E-state index contributed by atoms with van der Waals surface area (Å²) in [5.41, 5.74) is 2.30. The molecule has 0 spiro atoms. The molecule has 0 radical (unpaired) electrons. The topological polar surface area (TPSA) is 58.1 Å². The zero-order valence-electron chi connectivity index (χ0n) is 15.2. The molecule has 2 atom stereocenters. The minimum absolute atomic E-state index is 0.148. The highest BCUT2D eigenvalue weighted by Gasteiger charge is 2.23. The van der Waals surface area contributed by atoms with Crippen molar-refractivity contribution in [1.29, 1.82) is 0 Å². The molecule has 2 unspecified atom stereocenters. The maximum Gasteiger partial charge on any atom is 0.282 e. The maximum absolute atomic E-state index is 12.3. The summed E-state index contributed by atoms with van der Waals surface area (Å²) in [5, 5.41) is 12.6. The smallest absolute Gasteiger partial charge is 0.282 e. The monoisotopic (exact) mass is 358 g/mol. The van der Waals surface area contributed by atoms with Gasteiger partial charge < -0.3 is 5.32 Å². The number of carbonyl (C=O) groups is 1. The number of nitrogens with one attached hydrogen (secondary N) is 1. The number of nitrogens with zero attached hydrogens (tertiary/aromatic N) is 3. The number of benzene rings is 1. The molecule has 1 aromatic heterocycles. The van der Waals surface area contributed by atoms with E-state index in [4.69, 9.17) is 0 Å². The zero-order valence-corrected chi connectivity index (χ0v) is 16.0. The molecule has 2 aromatic rings. The Labute approximate surface area is 153 Å². The van der Waals surface area contributed by atoms with Crippen LogP contribution >= 0.6 is 11.3 Å². The molecule has 6 heteroatoms. The minimum Gasteiger partial charge on any atom is -0.346 e. The number of likely N-dealkylation sites (tertiary alicyclic amines) is 1. The lowest BCUT2D eigenvalue weighted by Crippen LogP contribution is -2.38. The maximum atomic E-state index is 12.3. The summed E-state index contributed by atoms with van der Waals surface area (Å²) in [7, 11) is 0. The molecule has 1 amide bonds. The van der Waals surface area contributed by atoms with E-state index in [1.165, 1.54) is 23.3 Å². The van der Waals surface area contributed by atoms with E-state index in [9.17, 15) is 4.79 Å². The fourth-order valence-electron chi connectivity index (χ4n) is 3.49. The zero-order chi connectivity index (χ0) is 17.8. The van der Waals surface area contributed by atoms with Crippen molar-refractivity contribution in [2.45, 2.75) is 40.3 Å². The Morgan fingerprint density at radius 3 is 2.56 bits per heavy atom. The molecule has 2 heterocycles. The molecular formula is C19H26N4OS. The fraction of sp³-hybridized carbons (Fsp3) is 0.526.